The molecular formula is C11H14N4O2S2. The molecule has 2 aromatic rings. The minimum atomic E-state index is -3.56. The van der Waals surface area contributed by atoms with E-state index in [0.717, 1.165) is 10.4 Å². The highest BCUT2D eigenvalue weighted by Crippen LogP contribution is 2.17. The van der Waals surface area contributed by atoms with E-state index in [1.165, 1.54) is 29.7 Å². The lowest BCUT2D eigenvalue weighted by Crippen LogP contribution is -2.23. The summed E-state index contributed by atoms with van der Waals surface area (Å²) in [5.74, 6) is 5.51. The van der Waals surface area contributed by atoms with Gasteiger partial charge in [0.05, 0.1) is 4.90 Å². The van der Waals surface area contributed by atoms with Gasteiger partial charge in [-0.25, -0.2) is 24.0 Å². The molecule has 2 rings (SSSR count). The van der Waals surface area contributed by atoms with Crippen LogP contribution in [0, 0.1) is 6.92 Å². The van der Waals surface area contributed by atoms with Crippen LogP contribution >= 0.6 is 11.3 Å². The van der Waals surface area contributed by atoms with Crippen molar-refractivity contribution < 1.29 is 8.42 Å². The number of nitrogens with two attached hydrogens (primary N) is 1. The molecule has 0 saturated carbocycles. The molecule has 0 fully saturated rings. The molecule has 0 aliphatic rings. The predicted molar refractivity (Wildman–Crippen MR) is 75.1 cm³/mol. The first-order chi connectivity index (χ1) is 9.03. The van der Waals surface area contributed by atoms with Gasteiger partial charge in [0.25, 0.3) is 0 Å². The summed E-state index contributed by atoms with van der Waals surface area (Å²) in [7, 11) is -3.56. The van der Waals surface area contributed by atoms with Crippen molar-refractivity contribution in [3.05, 3.63) is 40.2 Å². The highest BCUT2D eigenvalue weighted by atomic mass is 32.2. The Morgan fingerprint density at radius 3 is 2.84 bits per heavy atom. The van der Waals surface area contributed by atoms with Crippen molar-refractivity contribution >= 4 is 27.2 Å². The van der Waals surface area contributed by atoms with Gasteiger partial charge in [0.1, 0.15) is 5.82 Å². The van der Waals surface area contributed by atoms with Crippen LogP contribution in [0.2, 0.25) is 0 Å². The smallest absolute Gasteiger partial charge is 0.241 e. The van der Waals surface area contributed by atoms with Crippen molar-refractivity contribution in [3.8, 4) is 0 Å². The van der Waals surface area contributed by atoms with Gasteiger partial charge in [-0.1, -0.05) is 0 Å². The van der Waals surface area contributed by atoms with Crippen LogP contribution in [0.4, 0.5) is 5.82 Å². The quantitative estimate of drug-likeness (QED) is 0.569. The number of aryl methyl sites for hydroxylation is 1. The number of nitrogen functional groups attached to an aromatic ring is 1. The van der Waals surface area contributed by atoms with Gasteiger partial charge in [0.2, 0.25) is 10.0 Å². The van der Waals surface area contributed by atoms with Crippen molar-refractivity contribution in [1.82, 2.24) is 9.71 Å². The van der Waals surface area contributed by atoms with Gasteiger partial charge in [0.15, 0.2) is 0 Å². The number of rotatable bonds is 5. The number of aromatic nitrogens is 1. The second kappa shape index (κ2) is 5.66. The lowest BCUT2D eigenvalue weighted by molar-refractivity contribution is 0.581. The van der Waals surface area contributed by atoms with E-state index in [2.05, 4.69) is 15.1 Å². The van der Waals surface area contributed by atoms with Gasteiger partial charge in [-0.3, -0.25) is 0 Å². The van der Waals surface area contributed by atoms with Gasteiger partial charge in [0, 0.05) is 23.7 Å². The summed E-state index contributed by atoms with van der Waals surface area (Å²) in [6, 6.07) is 4.76. The third-order valence-electron chi connectivity index (χ3n) is 2.58. The number of pyridine rings is 1. The number of hydrogen-bond acceptors (Lipinski definition) is 6. The molecule has 19 heavy (non-hydrogen) atoms. The molecule has 2 aromatic heterocycles. The maximum absolute atomic E-state index is 12.1. The van der Waals surface area contributed by atoms with Gasteiger partial charge >= 0.3 is 0 Å². The standard InChI is InChI=1S/C11H14N4O2S2/c1-8-3-5-18-10(8)7-14-19(16,17)9-2-4-13-11(6-9)15-12/h2-6,14H,7,12H2,1H3,(H,13,15). The summed E-state index contributed by atoms with van der Waals surface area (Å²) in [5.41, 5.74) is 3.39. The Labute approximate surface area is 115 Å². The lowest BCUT2D eigenvalue weighted by Gasteiger charge is -2.07. The van der Waals surface area contributed by atoms with Crippen LogP contribution in [0.5, 0.6) is 0 Å². The van der Waals surface area contributed by atoms with E-state index in [1.54, 1.807) is 0 Å². The lowest BCUT2D eigenvalue weighted by atomic mass is 10.3. The van der Waals surface area contributed by atoms with Gasteiger partial charge in [-0.05, 0) is 30.0 Å². The van der Waals surface area contributed by atoms with Crippen molar-refractivity contribution in [2.24, 2.45) is 5.84 Å². The maximum atomic E-state index is 12.1. The summed E-state index contributed by atoms with van der Waals surface area (Å²) in [6.07, 6.45) is 1.39. The monoisotopic (exact) mass is 298 g/mol. The first-order valence-corrected chi connectivity index (χ1v) is 7.84. The zero-order chi connectivity index (χ0) is 13.9. The van der Waals surface area contributed by atoms with E-state index in [9.17, 15) is 8.42 Å². The molecule has 0 aromatic carbocycles. The van der Waals surface area contributed by atoms with Crippen molar-refractivity contribution in [1.29, 1.82) is 0 Å². The molecule has 2 heterocycles. The molecule has 8 heteroatoms. The molecule has 0 spiro atoms. The molecule has 0 atom stereocenters. The second-order valence-electron chi connectivity index (χ2n) is 3.87. The summed E-state index contributed by atoms with van der Waals surface area (Å²) in [6.45, 7) is 2.22. The summed E-state index contributed by atoms with van der Waals surface area (Å²) in [5, 5.41) is 1.93. The molecule has 0 saturated heterocycles. The van der Waals surface area contributed by atoms with Crippen LogP contribution in [0.3, 0.4) is 0 Å². The zero-order valence-corrected chi connectivity index (χ0v) is 11.9. The van der Waals surface area contributed by atoms with E-state index in [4.69, 9.17) is 5.84 Å². The van der Waals surface area contributed by atoms with Crippen molar-refractivity contribution in [2.75, 3.05) is 5.43 Å². The Balaban J connectivity index is 2.16. The van der Waals surface area contributed by atoms with Gasteiger partial charge in [-0.2, -0.15) is 0 Å². The van der Waals surface area contributed by atoms with E-state index in [0.29, 0.717) is 5.82 Å². The molecule has 6 nitrogen and oxygen atoms in total. The minimum Gasteiger partial charge on any atom is -0.308 e. The predicted octanol–water partition coefficient (Wildman–Crippen LogP) is 1.22. The average molecular weight is 298 g/mol. The van der Waals surface area contributed by atoms with Gasteiger partial charge in [-0.15, -0.1) is 11.3 Å². The summed E-state index contributed by atoms with van der Waals surface area (Å²) >= 11 is 1.52. The van der Waals surface area contributed by atoms with Gasteiger partial charge < -0.3 is 5.43 Å². The fraction of sp³-hybridized carbons (Fsp3) is 0.182. The minimum absolute atomic E-state index is 0.129. The second-order valence-corrected chi connectivity index (χ2v) is 6.64. The molecule has 0 unspecified atom stereocenters. The number of hydrazine groups is 1. The SMILES string of the molecule is Cc1ccsc1CNS(=O)(=O)c1ccnc(NN)c1. The molecule has 4 N–H and O–H groups in total. The molecule has 0 bridgehead atoms. The number of thiophene rings is 1. The Morgan fingerprint density at radius 1 is 1.42 bits per heavy atom. The molecule has 102 valence electrons. The Morgan fingerprint density at radius 2 is 2.21 bits per heavy atom. The zero-order valence-electron chi connectivity index (χ0n) is 10.3. The van der Waals surface area contributed by atoms with Crippen LogP contribution in [-0.2, 0) is 16.6 Å². The largest absolute Gasteiger partial charge is 0.308 e. The summed E-state index contributed by atoms with van der Waals surface area (Å²) in [4.78, 5) is 4.99. The van der Waals surface area contributed by atoms with Crippen molar-refractivity contribution in [3.63, 3.8) is 0 Å². The van der Waals surface area contributed by atoms with E-state index in [-0.39, 0.29) is 11.4 Å². The van der Waals surface area contributed by atoms with E-state index < -0.39 is 10.0 Å². The Bertz CT molecular complexity index is 667. The Hall–Kier alpha value is -1.48. The number of nitrogens with one attached hydrogen (secondary N) is 2. The third kappa shape index (κ3) is 3.29. The first-order valence-electron chi connectivity index (χ1n) is 5.48. The number of anilines is 1. The van der Waals surface area contributed by atoms with Crippen LogP contribution in [0.1, 0.15) is 10.4 Å². The Kier molecular flexibility index (Phi) is 4.15. The van der Waals surface area contributed by atoms with E-state index in [1.807, 2.05) is 18.4 Å². The van der Waals surface area contributed by atoms with Crippen LogP contribution in [0.15, 0.2) is 34.7 Å². The van der Waals surface area contributed by atoms with Crippen molar-refractivity contribution in [2.45, 2.75) is 18.4 Å². The number of sulfonamides is 1. The normalized spacial score (nSPS) is 11.5. The topological polar surface area (TPSA) is 97.1 Å². The molecule has 0 radical (unpaired) electrons. The molecule has 0 amide bonds. The fourth-order valence-electron chi connectivity index (χ4n) is 1.49. The summed E-state index contributed by atoms with van der Waals surface area (Å²) < 4.78 is 26.8. The first kappa shape index (κ1) is 13.9. The van der Waals surface area contributed by atoms with Crippen LogP contribution in [0.25, 0.3) is 0 Å². The third-order valence-corrected chi connectivity index (χ3v) is 5.00. The van der Waals surface area contributed by atoms with Crippen LogP contribution < -0.4 is 16.0 Å². The molecular weight excluding hydrogens is 284 g/mol. The average Bonchev–Trinajstić information content (AvgIpc) is 2.82. The number of hydrogen-bond donors (Lipinski definition) is 3. The molecule has 0 aliphatic carbocycles. The van der Waals surface area contributed by atoms with Crippen LogP contribution in [-0.4, -0.2) is 13.4 Å². The highest BCUT2D eigenvalue weighted by molar-refractivity contribution is 7.89. The highest BCUT2D eigenvalue weighted by Gasteiger charge is 2.15. The maximum Gasteiger partial charge on any atom is 0.241 e. The fourth-order valence-corrected chi connectivity index (χ4v) is 3.43. The van der Waals surface area contributed by atoms with E-state index >= 15 is 0 Å². The molecule has 0 aliphatic heterocycles. The number of nitrogens with zero attached hydrogens (tertiary/aromatic N) is 1.